The minimum atomic E-state index is -0.479. The molecule has 0 aliphatic carbocycles. The van der Waals surface area contributed by atoms with Crippen LogP contribution < -0.4 is 0 Å². The molecule has 1 heterocycles. The average molecular weight is 245 g/mol. The molecule has 1 amide bonds. The highest BCUT2D eigenvalue weighted by Gasteiger charge is 2.33. The van der Waals surface area contributed by atoms with Crippen LogP contribution in [0.3, 0.4) is 0 Å². The highest BCUT2D eigenvalue weighted by molar-refractivity contribution is 5.68. The molecule has 17 heavy (non-hydrogen) atoms. The molecule has 0 saturated carbocycles. The molecule has 0 bridgehead atoms. The van der Waals surface area contributed by atoms with E-state index in [0.29, 0.717) is 13.1 Å². The Morgan fingerprint density at radius 2 is 2.12 bits per heavy atom. The van der Waals surface area contributed by atoms with Crippen LogP contribution in [0.2, 0.25) is 0 Å². The molecule has 2 atom stereocenters. The number of likely N-dealkylation sites (tertiary alicyclic amines) is 1. The summed E-state index contributed by atoms with van der Waals surface area (Å²) >= 11 is 0. The highest BCUT2D eigenvalue weighted by atomic mass is 16.6. The largest absolute Gasteiger partial charge is 0.444 e. The monoisotopic (exact) mass is 245 g/mol. The van der Waals surface area contributed by atoms with Gasteiger partial charge in [-0.05, 0) is 27.2 Å². The average Bonchev–Trinajstić information content (AvgIpc) is 2.25. The first-order chi connectivity index (χ1) is 7.87. The maximum atomic E-state index is 11.9. The maximum absolute atomic E-state index is 11.9. The highest BCUT2D eigenvalue weighted by Crippen LogP contribution is 2.21. The summed E-state index contributed by atoms with van der Waals surface area (Å²) in [7, 11) is 1.60. The second-order valence-electron chi connectivity index (χ2n) is 5.43. The zero-order valence-electron chi connectivity index (χ0n) is 11.1. The number of piperidine rings is 1. The van der Waals surface area contributed by atoms with E-state index in [-0.39, 0.29) is 24.7 Å². The molecule has 1 aliphatic heterocycles. The standard InChI is InChI=1S/C12H23NO4/c1-12(2,3)17-11(15)13-6-5-9(8-14)10(7-13)16-4/h9-10,14H,5-8H2,1-4H3/t9-,10+/m0/s1. The van der Waals surface area contributed by atoms with Gasteiger partial charge in [-0.15, -0.1) is 0 Å². The number of carbonyl (C=O) groups excluding carboxylic acids is 1. The minimum absolute atomic E-state index is 0.0979. The number of methoxy groups -OCH3 is 1. The lowest BCUT2D eigenvalue weighted by molar-refractivity contribution is -0.0406. The Kier molecular flexibility index (Phi) is 4.77. The summed E-state index contributed by atoms with van der Waals surface area (Å²) in [5.74, 6) is 0.110. The van der Waals surface area contributed by atoms with Gasteiger partial charge in [-0.1, -0.05) is 0 Å². The number of nitrogens with zero attached hydrogens (tertiary/aromatic N) is 1. The van der Waals surface area contributed by atoms with E-state index in [1.54, 1.807) is 12.0 Å². The van der Waals surface area contributed by atoms with Crippen molar-refractivity contribution in [2.75, 3.05) is 26.8 Å². The van der Waals surface area contributed by atoms with Crippen molar-refractivity contribution >= 4 is 6.09 Å². The van der Waals surface area contributed by atoms with Crippen LogP contribution in [0, 0.1) is 5.92 Å². The predicted molar refractivity (Wildman–Crippen MR) is 63.8 cm³/mol. The van der Waals surface area contributed by atoms with Gasteiger partial charge in [-0.2, -0.15) is 0 Å². The molecule has 0 unspecified atom stereocenters. The first-order valence-corrected chi connectivity index (χ1v) is 5.99. The van der Waals surface area contributed by atoms with Crippen molar-refractivity contribution < 1.29 is 19.4 Å². The number of carbonyl (C=O) groups is 1. The number of aliphatic hydroxyl groups is 1. The van der Waals surface area contributed by atoms with Crippen molar-refractivity contribution in [1.82, 2.24) is 4.90 Å². The van der Waals surface area contributed by atoms with E-state index >= 15 is 0 Å². The van der Waals surface area contributed by atoms with Crippen LogP contribution in [-0.4, -0.2) is 54.6 Å². The molecular formula is C12H23NO4. The minimum Gasteiger partial charge on any atom is -0.444 e. The molecule has 1 rings (SSSR count). The van der Waals surface area contributed by atoms with Crippen LogP contribution in [0.5, 0.6) is 0 Å². The Morgan fingerprint density at radius 3 is 2.59 bits per heavy atom. The van der Waals surface area contributed by atoms with Gasteiger partial charge in [0.15, 0.2) is 0 Å². The maximum Gasteiger partial charge on any atom is 0.410 e. The molecule has 0 aromatic carbocycles. The molecule has 0 radical (unpaired) electrons. The summed E-state index contributed by atoms with van der Waals surface area (Å²) in [6.45, 7) is 6.73. The van der Waals surface area contributed by atoms with Gasteiger partial charge in [0.2, 0.25) is 0 Å². The zero-order chi connectivity index (χ0) is 13.1. The molecule has 0 aromatic rings. The van der Waals surface area contributed by atoms with Gasteiger partial charge in [0.1, 0.15) is 5.60 Å². The van der Waals surface area contributed by atoms with Crippen LogP contribution in [0.25, 0.3) is 0 Å². The second kappa shape index (κ2) is 5.69. The lowest BCUT2D eigenvalue weighted by Gasteiger charge is -2.37. The van der Waals surface area contributed by atoms with Crippen LogP contribution >= 0.6 is 0 Å². The molecule has 0 spiro atoms. The van der Waals surface area contributed by atoms with E-state index < -0.39 is 5.60 Å². The molecule has 1 saturated heterocycles. The molecule has 1 fully saturated rings. The van der Waals surface area contributed by atoms with Crippen LogP contribution in [0.15, 0.2) is 0 Å². The molecule has 1 N–H and O–H groups in total. The van der Waals surface area contributed by atoms with Crippen LogP contribution in [0.1, 0.15) is 27.2 Å². The van der Waals surface area contributed by atoms with Gasteiger partial charge in [0, 0.05) is 26.2 Å². The van der Waals surface area contributed by atoms with E-state index in [1.165, 1.54) is 0 Å². The molecule has 5 heteroatoms. The van der Waals surface area contributed by atoms with Crippen molar-refractivity contribution in [2.45, 2.75) is 38.9 Å². The fraction of sp³-hybridized carbons (Fsp3) is 0.917. The van der Waals surface area contributed by atoms with Crippen molar-refractivity contribution in [1.29, 1.82) is 0 Å². The van der Waals surface area contributed by atoms with Crippen LogP contribution in [-0.2, 0) is 9.47 Å². The Balaban J connectivity index is 2.54. The zero-order valence-corrected chi connectivity index (χ0v) is 11.1. The lowest BCUT2D eigenvalue weighted by atomic mass is 9.95. The van der Waals surface area contributed by atoms with Gasteiger partial charge >= 0.3 is 6.09 Å². The van der Waals surface area contributed by atoms with Crippen molar-refractivity contribution in [3.63, 3.8) is 0 Å². The summed E-state index contributed by atoms with van der Waals surface area (Å²) < 4.78 is 10.6. The lowest BCUT2D eigenvalue weighted by Crippen LogP contribution is -2.49. The first-order valence-electron chi connectivity index (χ1n) is 5.99. The summed E-state index contributed by atoms with van der Waals surface area (Å²) in [6, 6.07) is 0. The summed E-state index contributed by atoms with van der Waals surface area (Å²) in [6.07, 6.45) is 0.325. The fourth-order valence-corrected chi connectivity index (χ4v) is 1.93. The third-order valence-corrected chi connectivity index (χ3v) is 2.88. The molecule has 0 aromatic heterocycles. The van der Waals surface area contributed by atoms with E-state index in [2.05, 4.69) is 0 Å². The fourth-order valence-electron chi connectivity index (χ4n) is 1.93. The van der Waals surface area contributed by atoms with Crippen molar-refractivity contribution in [2.24, 2.45) is 5.92 Å². The van der Waals surface area contributed by atoms with Gasteiger partial charge in [-0.3, -0.25) is 0 Å². The topological polar surface area (TPSA) is 59.0 Å². The SMILES string of the molecule is CO[C@@H]1CN(C(=O)OC(C)(C)C)CC[C@H]1CO. The van der Waals surface area contributed by atoms with Gasteiger partial charge < -0.3 is 19.5 Å². The molecule has 1 aliphatic rings. The number of ether oxygens (including phenoxy) is 2. The van der Waals surface area contributed by atoms with E-state index in [9.17, 15) is 9.90 Å². The van der Waals surface area contributed by atoms with Crippen molar-refractivity contribution in [3.05, 3.63) is 0 Å². The Labute approximate surface area is 103 Å². The number of aliphatic hydroxyl groups excluding tert-OH is 1. The Morgan fingerprint density at radius 1 is 1.47 bits per heavy atom. The molecule has 100 valence electrons. The Bertz CT molecular complexity index is 262. The predicted octanol–water partition coefficient (Wildman–Crippen LogP) is 1.25. The van der Waals surface area contributed by atoms with E-state index in [0.717, 1.165) is 6.42 Å². The van der Waals surface area contributed by atoms with Gasteiger partial charge in [0.25, 0.3) is 0 Å². The first kappa shape index (κ1) is 14.3. The van der Waals surface area contributed by atoms with E-state index in [1.807, 2.05) is 20.8 Å². The molecular weight excluding hydrogens is 222 g/mol. The van der Waals surface area contributed by atoms with Crippen molar-refractivity contribution in [3.8, 4) is 0 Å². The van der Waals surface area contributed by atoms with Gasteiger partial charge in [0.05, 0.1) is 12.6 Å². The number of amides is 1. The third kappa shape index (κ3) is 4.16. The number of hydrogen-bond acceptors (Lipinski definition) is 4. The van der Waals surface area contributed by atoms with Crippen LogP contribution in [0.4, 0.5) is 4.79 Å². The van der Waals surface area contributed by atoms with Gasteiger partial charge in [-0.25, -0.2) is 4.79 Å². The van der Waals surface area contributed by atoms with E-state index in [4.69, 9.17) is 9.47 Å². The summed E-state index contributed by atoms with van der Waals surface area (Å²) in [5.41, 5.74) is -0.479. The normalized spacial score (nSPS) is 25.8. The summed E-state index contributed by atoms with van der Waals surface area (Å²) in [5, 5.41) is 9.19. The number of hydrogen-bond donors (Lipinski definition) is 1. The summed E-state index contributed by atoms with van der Waals surface area (Å²) in [4.78, 5) is 13.5. The quantitative estimate of drug-likeness (QED) is 0.795. The third-order valence-electron chi connectivity index (χ3n) is 2.88. The smallest absolute Gasteiger partial charge is 0.410 e. The number of rotatable bonds is 2. The Hall–Kier alpha value is -0.810. The second-order valence-corrected chi connectivity index (χ2v) is 5.43. The molecule has 5 nitrogen and oxygen atoms in total.